The molecule has 0 aliphatic heterocycles. The Morgan fingerprint density at radius 1 is 1.13 bits per heavy atom. The molecule has 3 aromatic rings. The van der Waals surface area contributed by atoms with E-state index < -0.39 is 15.4 Å². The summed E-state index contributed by atoms with van der Waals surface area (Å²) in [5.74, 6) is -0.0108. The van der Waals surface area contributed by atoms with Crippen LogP contribution in [0.2, 0.25) is 0 Å². The van der Waals surface area contributed by atoms with Gasteiger partial charge in [0.05, 0.1) is 26.4 Å². The molecule has 1 aromatic heterocycles. The largest absolute Gasteiger partial charge is 0.355 e. The van der Waals surface area contributed by atoms with Gasteiger partial charge in [0.25, 0.3) is 0 Å². The molecule has 0 radical (unpaired) electrons. The van der Waals surface area contributed by atoms with Gasteiger partial charge < -0.3 is 5.32 Å². The summed E-state index contributed by atoms with van der Waals surface area (Å²) in [5.41, 5.74) is 1.09. The maximum Gasteiger partial charge on any atom is 0.230 e. The van der Waals surface area contributed by atoms with Crippen molar-refractivity contribution in [2.24, 2.45) is 0 Å². The number of thiazole rings is 1. The molecular formula is C23H29N3O3S2. The number of amides is 1. The molecule has 0 aliphatic carbocycles. The lowest BCUT2D eigenvalue weighted by atomic mass is 9.78. The number of hydrogen-bond acceptors (Lipinski definition) is 5. The van der Waals surface area contributed by atoms with Gasteiger partial charge in [0.2, 0.25) is 15.9 Å². The first-order valence-corrected chi connectivity index (χ1v) is 12.8. The monoisotopic (exact) mass is 459 g/mol. The zero-order chi connectivity index (χ0) is 22.5. The quantitative estimate of drug-likeness (QED) is 0.470. The molecule has 166 valence electrons. The van der Waals surface area contributed by atoms with Crippen LogP contribution in [-0.4, -0.2) is 49.5 Å². The SMILES string of the molecule is CCS(=O)(=O)N(C)CCCNC(=O)C(C)(Cc1nc2ccccc2s1)c1ccccc1. The number of carbonyl (C=O) groups is 1. The van der Waals surface area contributed by atoms with Crippen molar-refractivity contribution in [2.75, 3.05) is 25.9 Å². The van der Waals surface area contributed by atoms with Crippen LogP contribution in [0.25, 0.3) is 10.2 Å². The molecule has 31 heavy (non-hydrogen) atoms. The summed E-state index contributed by atoms with van der Waals surface area (Å²) in [7, 11) is -1.64. The van der Waals surface area contributed by atoms with E-state index in [4.69, 9.17) is 4.98 Å². The van der Waals surface area contributed by atoms with E-state index in [1.807, 2.05) is 61.5 Å². The van der Waals surface area contributed by atoms with Crippen LogP contribution in [0.4, 0.5) is 0 Å². The van der Waals surface area contributed by atoms with Crippen molar-refractivity contribution >= 4 is 37.5 Å². The Balaban J connectivity index is 1.73. The molecule has 1 heterocycles. The van der Waals surface area contributed by atoms with Crippen molar-refractivity contribution in [3.63, 3.8) is 0 Å². The Hall–Kier alpha value is -2.29. The summed E-state index contributed by atoms with van der Waals surface area (Å²) in [5, 5.41) is 3.93. The normalized spacial score (nSPS) is 13.9. The summed E-state index contributed by atoms with van der Waals surface area (Å²) in [4.78, 5) is 18.0. The van der Waals surface area contributed by atoms with Crippen molar-refractivity contribution < 1.29 is 13.2 Å². The van der Waals surface area contributed by atoms with E-state index in [2.05, 4.69) is 5.32 Å². The van der Waals surface area contributed by atoms with Crippen molar-refractivity contribution in [2.45, 2.75) is 32.1 Å². The third-order valence-corrected chi connectivity index (χ3v) is 8.43. The molecule has 2 aromatic carbocycles. The fraction of sp³-hybridized carbons (Fsp3) is 0.391. The van der Waals surface area contributed by atoms with Crippen molar-refractivity contribution in [3.05, 3.63) is 65.2 Å². The minimum Gasteiger partial charge on any atom is -0.355 e. The summed E-state index contributed by atoms with van der Waals surface area (Å²) in [6.45, 7) is 4.35. The molecule has 1 amide bonds. The number of nitrogens with one attached hydrogen (secondary N) is 1. The first-order chi connectivity index (χ1) is 14.8. The van der Waals surface area contributed by atoms with Crippen molar-refractivity contribution in [3.8, 4) is 0 Å². The number of hydrogen-bond donors (Lipinski definition) is 1. The van der Waals surface area contributed by atoms with Crippen LogP contribution < -0.4 is 5.32 Å². The highest BCUT2D eigenvalue weighted by Gasteiger charge is 2.36. The molecule has 3 rings (SSSR count). The molecule has 0 bridgehead atoms. The van der Waals surface area contributed by atoms with Gasteiger partial charge in [0, 0.05) is 26.6 Å². The van der Waals surface area contributed by atoms with Crippen LogP contribution in [0.5, 0.6) is 0 Å². The number of nitrogens with zero attached hydrogens (tertiary/aromatic N) is 2. The van der Waals surface area contributed by atoms with E-state index in [1.54, 1.807) is 25.3 Å². The second kappa shape index (κ2) is 9.89. The highest BCUT2D eigenvalue weighted by atomic mass is 32.2. The molecule has 0 fully saturated rings. The van der Waals surface area contributed by atoms with Gasteiger partial charge in [-0.3, -0.25) is 4.79 Å². The molecule has 1 N–H and O–H groups in total. The highest BCUT2D eigenvalue weighted by Crippen LogP contribution is 2.32. The van der Waals surface area contributed by atoms with Gasteiger partial charge in [-0.15, -0.1) is 11.3 Å². The smallest absolute Gasteiger partial charge is 0.230 e. The summed E-state index contributed by atoms with van der Waals surface area (Å²) < 4.78 is 26.2. The van der Waals surface area contributed by atoms with Crippen molar-refractivity contribution in [1.29, 1.82) is 0 Å². The van der Waals surface area contributed by atoms with Gasteiger partial charge >= 0.3 is 0 Å². The Morgan fingerprint density at radius 2 is 1.81 bits per heavy atom. The number of fused-ring (bicyclic) bond motifs is 1. The van der Waals surface area contributed by atoms with Gasteiger partial charge in [-0.05, 0) is 38.0 Å². The highest BCUT2D eigenvalue weighted by molar-refractivity contribution is 7.89. The summed E-state index contributed by atoms with van der Waals surface area (Å²) in [6, 6.07) is 17.7. The lowest BCUT2D eigenvalue weighted by Crippen LogP contribution is -2.44. The van der Waals surface area contributed by atoms with Crippen LogP contribution >= 0.6 is 11.3 Å². The van der Waals surface area contributed by atoms with E-state index in [9.17, 15) is 13.2 Å². The fourth-order valence-corrected chi connectivity index (χ4v) is 5.45. The van der Waals surface area contributed by atoms with Crippen LogP contribution in [0.1, 0.15) is 30.8 Å². The Bertz CT molecular complexity index is 1100. The third-order valence-electron chi connectivity index (χ3n) is 5.53. The lowest BCUT2D eigenvalue weighted by molar-refractivity contribution is -0.126. The standard InChI is InChI=1S/C23H29N3O3S2/c1-4-31(28,29)26(3)16-10-15-24-22(27)23(2,18-11-6-5-7-12-18)17-21-25-19-13-8-9-14-20(19)30-21/h5-9,11-14H,4,10,15-17H2,1-3H3,(H,24,27). The van der Waals surface area contributed by atoms with E-state index in [0.717, 1.165) is 20.8 Å². The maximum atomic E-state index is 13.3. The van der Waals surface area contributed by atoms with Crippen molar-refractivity contribution in [1.82, 2.24) is 14.6 Å². The fourth-order valence-electron chi connectivity index (χ4n) is 3.48. The first kappa shape index (κ1) is 23.4. The number of para-hydroxylation sites is 1. The van der Waals surface area contributed by atoms with E-state index in [1.165, 1.54) is 4.31 Å². The Morgan fingerprint density at radius 3 is 2.48 bits per heavy atom. The first-order valence-electron chi connectivity index (χ1n) is 10.4. The van der Waals surface area contributed by atoms with Gasteiger partial charge in [-0.25, -0.2) is 17.7 Å². The van der Waals surface area contributed by atoms with E-state index in [0.29, 0.717) is 25.9 Å². The Kier molecular flexibility index (Phi) is 7.46. The average molecular weight is 460 g/mol. The van der Waals surface area contributed by atoms with Crippen LogP contribution in [-0.2, 0) is 26.7 Å². The zero-order valence-corrected chi connectivity index (χ0v) is 19.8. The molecule has 0 saturated heterocycles. The molecule has 6 nitrogen and oxygen atoms in total. The minimum absolute atomic E-state index is 0.0735. The van der Waals surface area contributed by atoms with Crippen LogP contribution in [0.15, 0.2) is 54.6 Å². The van der Waals surface area contributed by atoms with Crippen LogP contribution in [0.3, 0.4) is 0 Å². The predicted molar refractivity (Wildman–Crippen MR) is 127 cm³/mol. The maximum absolute atomic E-state index is 13.3. The third kappa shape index (κ3) is 5.50. The lowest BCUT2D eigenvalue weighted by Gasteiger charge is -2.28. The number of aromatic nitrogens is 1. The van der Waals surface area contributed by atoms with Gasteiger partial charge in [-0.2, -0.15) is 0 Å². The minimum atomic E-state index is -3.21. The molecule has 1 atom stereocenters. The summed E-state index contributed by atoms with van der Waals surface area (Å²) in [6.07, 6.45) is 1.04. The molecule has 0 aliphatic rings. The van der Waals surface area contributed by atoms with Crippen LogP contribution in [0, 0.1) is 0 Å². The molecule has 0 saturated carbocycles. The van der Waals surface area contributed by atoms with E-state index in [-0.39, 0.29) is 11.7 Å². The Labute approximate surface area is 188 Å². The number of rotatable bonds is 10. The topological polar surface area (TPSA) is 79.4 Å². The molecule has 8 heteroatoms. The zero-order valence-electron chi connectivity index (χ0n) is 18.2. The van der Waals surface area contributed by atoms with Gasteiger partial charge in [0.15, 0.2) is 0 Å². The second-order valence-corrected chi connectivity index (χ2v) is 11.3. The molecule has 0 spiro atoms. The van der Waals surface area contributed by atoms with Gasteiger partial charge in [-0.1, -0.05) is 42.5 Å². The van der Waals surface area contributed by atoms with E-state index >= 15 is 0 Å². The average Bonchev–Trinajstić information content (AvgIpc) is 3.18. The second-order valence-electron chi connectivity index (χ2n) is 7.78. The number of carbonyl (C=O) groups excluding carboxylic acids is 1. The molecular weight excluding hydrogens is 430 g/mol. The number of sulfonamides is 1. The van der Waals surface area contributed by atoms with Gasteiger partial charge in [0.1, 0.15) is 0 Å². The predicted octanol–water partition coefficient (Wildman–Crippen LogP) is 3.58. The summed E-state index contributed by atoms with van der Waals surface area (Å²) >= 11 is 1.61. The molecule has 1 unspecified atom stereocenters. The number of benzene rings is 2.